The van der Waals surface area contributed by atoms with Crippen LogP contribution >= 0.6 is 22.6 Å². The molecule has 0 aromatic heterocycles. The average Bonchev–Trinajstić information content (AvgIpc) is 2.69. The Balaban J connectivity index is 1.76. The largest absolute Gasteiger partial charge is 0.436 e. The highest BCUT2D eigenvalue weighted by atomic mass is 127. The molecule has 27 heavy (non-hydrogen) atoms. The number of allylic oxidation sites excluding steroid dienone is 3. The first-order valence-corrected chi connectivity index (χ1v) is 10.5. The van der Waals surface area contributed by atoms with E-state index < -0.39 is 0 Å². The number of benzene rings is 1. The lowest BCUT2D eigenvalue weighted by Gasteiger charge is -2.23. The smallest absolute Gasteiger partial charge is 0.415 e. The summed E-state index contributed by atoms with van der Waals surface area (Å²) >= 11 is 2.18. The number of halogens is 1. The first kappa shape index (κ1) is 19.6. The maximum Gasteiger partial charge on any atom is 0.415 e. The van der Waals surface area contributed by atoms with Crippen molar-refractivity contribution in [2.75, 3.05) is 16.1 Å². The molecule has 0 spiro atoms. The number of anilines is 1. The molecule has 0 unspecified atom stereocenters. The first-order chi connectivity index (χ1) is 13.2. The van der Waals surface area contributed by atoms with Crippen molar-refractivity contribution in [2.45, 2.75) is 32.6 Å². The van der Waals surface area contributed by atoms with Gasteiger partial charge in [-0.05, 0) is 67.6 Å². The van der Waals surface area contributed by atoms with E-state index in [2.05, 4.69) is 70.2 Å². The number of ether oxygens (including phenoxy) is 1. The Kier molecular flexibility index (Phi) is 6.99. The molecule has 0 saturated heterocycles. The van der Waals surface area contributed by atoms with E-state index in [0.29, 0.717) is 4.55 Å². The number of fused-ring (bicyclic) bond motifs is 1. The monoisotopic (exact) mass is 474 g/mol. The molecule has 0 fully saturated rings. The van der Waals surface area contributed by atoms with E-state index in [1.165, 1.54) is 22.3 Å². The van der Waals surface area contributed by atoms with E-state index in [1.54, 1.807) is 11.8 Å². The number of nitrogens with one attached hydrogen (secondary N) is 1. The van der Waals surface area contributed by atoms with Gasteiger partial charge in [0.25, 0.3) is 0 Å². The maximum atomic E-state index is 12.3. The first-order valence-electron chi connectivity index (χ1n) is 9.02. The number of dihydropyridines is 1. The number of hydrogen-bond donors (Lipinski definition) is 1. The highest BCUT2D eigenvalue weighted by Crippen LogP contribution is 2.31. The van der Waals surface area contributed by atoms with Crippen LogP contribution in [0.25, 0.3) is 6.08 Å². The average molecular weight is 474 g/mol. The summed E-state index contributed by atoms with van der Waals surface area (Å²) < 4.78 is 5.75. The van der Waals surface area contributed by atoms with Crippen LogP contribution in [0.3, 0.4) is 0 Å². The number of carbonyl (C=O) groups excluding carboxylic acids is 1. The third kappa shape index (κ3) is 5.16. The maximum absolute atomic E-state index is 12.3. The van der Waals surface area contributed by atoms with Gasteiger partial charge in [0.05, 0.1) is 4.55 Å². The summed E-state index contributed by atoms with van der Waals surface area (Å²) in [4.78, 5) is 14.0. The molecular weight excluding hydrogens is 451 g/mol. The van der Waals surface area contributed by atoms with E-state index in [4.69, 9.17) is 4.74 Å². The molecule has 4 nitrogen and oxygen atoms in total. The number of aryl methyl sites for hydroxylation is 1. The van der Waals surface area contributed by atoms with Crippen molar-refractivity contribution in [1.29, 1.82) is 0 Å². The molecule has 3 rings (SSSR count). The number of alkyl halides is 1. The van der Waals surface area contributed by atoms with Gasteiger partial charge in [0.2, 0.25) is 0 Å². The van der Waals surface area contributed by atoms with Gasteiger partial charge in [-0.15, -0.1) is 5.92 Å². The zero-order valence-electron chi connectivity index (χ0n) is 15.4. The topological polar surface area (TPSA) is 41.6 Å². The van der Waals surface area contributed by atoms with Crippen LogP contribution in [-0.2, 0) is 11.2 Å². The second-order valence-electron chi connectivity index (χ2n) is 6.47. The van der Waals surface area contributed by atoms with Gasteiger partial charge in [-0.3, -0.25) is 4.90 Å². The summed E-state index contributed by atoms with van der Waals surface area (Å²) in [7, 11) is 0. The van der Waals surface area contributed by atoms with Crippen LogP contribution in [0, 0.1) is 11.8 Å². The van der Waals surface area contributed by atoms with E-state index in [1.807, 2.05) is 12.3 Å². The summed E-state index contributed by atoms with van der Waals surface area (Å²) in [5, 5.41) is 3.17. The Labute approximate surface area is 174 Å². The van der Waals surface area contributed by atoms with Crippen molar-refractivity contribution in [1.82, 2.24) is 5.32 Å². The van der Waals surface area contributed by atoms with Crippen molar-refractivity contribution in [3.8, 4) is 11.8 Å². The van der Waals surface area contributed by atoms with Crippen LogP contribution < -0.4 is 10.2 Å². The molecule has 140 valence electrons. The van der Waals surface area contributed by atoms with Gasteiger partial charge in [0.1, 0.15) is 0 Å². The van der Waals surface area contributed by atoms with Gasteiger partial charge >= 0.3 is 6.09 Å². The summed E-state index contributed by atoms with van der Waals surface area (Å²) in [6.07, 6.45) is 12.3. The fraction of sp³-hybridized carbons (Fsp3) is 0.318. The molecule has 1 aliphatic carbocycles. The third-order valence-electron chi connectivity index (χ3n) is 4.64. The molecule has 1 N–H and O–H groups in total. The number of amides is 1. The number of hydrogen-bond acceptors (Lipinski definition) is 3. The van der Waals surface area contributed by atoms with Gasteiger partial charge in [0.15, 0.2) is 6.61 Å². The number of nitrogens with zero attached hydrogens (tertiary/aromatic N) is 1. The van der Waals surface area contributed by atoms with E-state index >= 15 is 0 Å². The predicted molar refractivity (Wildman–Crippen MR) is 118 cm³/mol. The number of carbonyl (C=O) groups is 1. The van der Waals surface area contributed by atoms with Crippen LogP contribution in [0.15, 0.2) is 47.8 Å². The van der Waals surface area contributed by atoms with E-state index in [9.17, 15) is 4.79 Å². The Hall–Kier alpha value is -2.20. The van der Waals surface area contributed by atoms with Crippen molar-refractivity contribution in [3.05, 3.63) is 58.9 Å². The molecular formula is C22H23IN2O2. The summed E-state index contributed by atoms with van der Waals surface area (Å²) in [6.45, 7) is 1.85. The van der Waals surface area contributed by atoms with Crippen molar-refractivity contribution in [2.24, 2.45) is 0 Å². The quantitative estimate of drug-likeness (QED) is 0.278. The molecule has 0 atom stereocenters. The Morgan fingerprint density at radius 2 is 2.22 bits per heavy atom. The van der Waals surface area contributed by atoms with Gasteiger partial charge in [-0.1, -0.05) is 52.3 Å². The minimum atomic E-state index is -0.364. The Morgan fingerprint density at radius 3 is 2.96 bits per heavy atom. The molecule has 0 saturated carbocycles. The fourth-order valence-corrected chi connectivity index (χ4v) is 3.90. The van der Waals surface area contributed by atoms with Crippen molar-refractivity contribution in [3.63, 3.8) is 0 Å². The summed E-state index contributed by atoms with van der Waals surface area (Å²) in [5.41, 5.74) is 6.22. The van der Waals surface area contributed by atoms with Crippen LogP contribution in [0.5, 0.6) is 0 Å². The molecule has 5 heteroatoms. The van der Waals surface area contributed by atoms with Crippen LogP contribution in [-0.4, -0.2) is 17.3 Å². The number of rotatable bonds is 5. The second-order valence-corrected chi connectivity index (χ2v) is 7.15. The third-order valence-corrected chi connectivity index (χ3v) is 5.32. The van der Waals surface area contributed by atoms with Crippen molar-refractivity contribution >= 4 is 40.4 Å². The molecule has 1 aromatic carbocycles. The molecule has 0 radical (unpaired) electrons. The molecule has 1 heterocycles. The second kappa shape index (κ2) is 9.65. The minimum Gasteiger partial charge on any atom is -0.436 e. The highest BCUT2D eigenvalue weighted by molar-refractivity contribution is 14.1. The molecule has 1 aliphatic heterocycles. The SMILES string of the molecule is CC#CCOC(=O)N(CI)c1ccc2c(c1)C=C(CC1=CNC=CC1)CC2. The molecule has 1 amide bonds. The van der Waals surface area contributed by atoms with E-state index in [-0.39, 0.29) is 12.7 Å². The highest BCUT2D eigenvalue weighted by Gasteiger charge is 2.18. The van der Waals surface area contributed by atoms with Gasteiger partial charge in [0, 0.05) is 11.9 Å². The van der Waals surface area contributed by atoms with Gasteiger partial charge in [-0.25, -0.2) is 4.79 Å². The van der Waals surface area contributed by atoms with Crippen LogP contribution in [0.1, 0.15) is 37.3 Å². The summed E-state index contributed by atoms with van der Waals surface area (Å²) in [5.74, 6) is 5.49. The van der Waals surface area contributed by atoms with Crippen LogP contribution in [0.2, 0.25) is 0 Å². The lowest BCUT2D eigenvalue weighted by molar-refractivity contribution is 0.169. The Bertz CT molecular complexity index is 859. The molecule has 0 bridgehead atoms. The lowest BCUT2D eigenvalue weighted by atomic mass is 9.88. The normalized spacial score (nSPS) is 14.7. The Morgan fingerprint density at radius 1 is 1.33 bits per heavy atom. The lowest BCUT2D eigenvalue weighted by Crippen LogP contribution is -2.30. The zero-order chi connectivity index (χ0) is 19.1. The fourth-order valence-electron chi connectivity index (χ4n) is 3.23. The molecule has 2 aliphatic rings. The van der Waals surface area contributed by atoms with E-state index in [0.717, 1.165) is 31.4 Å². The van der Waals surface area contributed by atoms with Crippen LogP contribution in [0.4, 0.5) is 10.5 Å². The minimum absolute atomic E-state index is 0.120. The molecule has 1 aromatic rings. The zero-order valence-corrected chi connectivity index (χ0v) is 17.6. The van der Waals surface area contributed by atoms with Gasteiger partial charge in [-0.2, -0.15) is 0 Å². The van der Waals surface area contributed by atoms with Gasteiger partial charge < -0.3 is 10.1 Å². The standard InChI is InChI=1S/C22H23IN2O2/c1-2-3-11-27-22(26)25(16-23)21-9-8-19-7-6-17(13-20(19)14-21)12-18-5-4-10-24-15-18/h4,8-10,13-15,24H,5-7,11-12,16H2,1H3. The van der Waals surface area contributed by atoms with Crippen molar-refractivity contribution < 1.29 is 9.53 Å². The summed E-state index contributed by atoms with van der Waals surface area (Å²) in [6, 6.07) is 6.22. The predicted octanol–water partition coefficient (Wildman–Crippen LogP) is 5.16.